The lowest BCUT2D eigenvalue weighted by Gasteiger charge is -2.22. The van der Waals surface area contributed by atoms with Crippen LogP contribution in [-0.4, -0.2) is 57.4 Å². The number of fused-ring (bicyclic) bond motifs is 1. The Morgan fingerprint density at radius 3 is 2.21 bits per heavy atom. The van der Waals surface area contributed by atoms with Gasteiger partial charge >= 0.3 is 5.97 Å². The number of primary amides is 1. The Morgan fingerprint density at radius 2 is 1.76 bits per heavy atom. The van der Waals surface area contributed by atoms with E-state index in [9.17, 15) is 9.59 Å². The van der Waals surface area contributed by atoms with Crippen LogP contribution in [0.25, 0.3) is 11.0 Å². The van der Waals surface area contributed by atoms with Crippen LogP contribution in [0.5, 0.6) is 0 Å². The third kappa shape index (κ3) is 11.4. The smallest absolute Gasteiger partial charge is 0.303 e. The molecule has 0 fully saturated rings. The summed E-state index contributed by atoms with van der Waals surface area (Å²) in [4.78, 5) is 27.8. The molecule has 0 saturated carbocycles. The van der Waals surface area contributed by atoms with Crippen LogP contribution in [0.3, 0.4) is 0 Å². The van der Waals surface area contributed by atoms with Gasteiger partial charge < -0.3 is 26.0 Å². The highest BCUT2D eigenvalue weighted by Gasteiger charge is 2.12. The minimum Gasteiger partial charge on any atom is -0.481 e. The number of benzene rings is 1. The molecule has 1 aromatic carbocycles. The highest BCUT2D eigenvalue weighted by Crippen LogP contribution is 2.23. The van der Waals surface area contributed by atoms with E-state index in [4.69, 9.17) is 39.8 Å². The van der Waals surface area contributed by atoms with Gasteiger partial charge in [0, 0.05) is 50.4 Å². The molecule has 1 amide bonds. The Balaban J connectivity index is 0.000000836. The molecular formula is C24H41Cl2N5O3. The van der Waals surface area contributed by atoms with Crippen molar-refractivity contribution in [1.29, 1.82) is 0 Å². The number of anilines is 1. The van der Waals surface area contributed by atoms with E-state index in [0.29, 0.717) is 36.9 Å². The van der Waals surface area contributed by atoms with Gasteiger partial charge in [-0.3, -0.25) is 9.59 Å². The fourth-order valence-electron chi connectivity index (χ4n) is 3.25. The molecule has 1 unspecified atom stereocenters. The van der Waals surface area contributed by atoms with Crippen molar-refractivity contribution in [3.63, 3.8) is 0 Å². The lowest BCUT2D eigenvalue weighted by atomic mass is 10.0. The Morgan fingerprint density at radius 1 is 1.18 bits per heavy atom. The van der Waals surface area contributed by atoms with Crippen LogP contribution >= 0.6 is 23.2 Å². The summed E-state index contributed by atoms with van der Waals surface area (Å²) in [7, 11) is 1.96. The van der Waals surface area contributed by atoms with Crippen molar-refractivity contribution in [2.75, 3.05) is 29.7 Å². The molecule has 2 rings (SSSR count). The van der Waals surface area contributed by atoms with Gasteiger partial charge in [-0.25, -0.2) is 4.98 Å². The largest absolute Gasteiger partial charge is 0.481 e. The van der Waals surface area contributed by atoms with Gasteiger partial charge in [-0.15, -0.1) is 23.2 Å². The van der Waals surface area contributed by atoms with Crippen molar-refractivity contribution >= 4 is 51.8 Å². The fraction of sp³-hybridized carbons (Fsp3) is 0.625. The predicted octanol–water partition coefficient (Wildman–Crippen LogP) is 4.14. The molecule has 0 aliphatic rings. The molecule has 0 aliphatic carbocycles. The molecule has 0 saturated heterocycles. The number of rotatable bonds is 12. The molecule has 1 aromatic heterocycles. The number of aromatic nitrogens is 2. The number of aryl methyl sites for hydroxylation is 2. The zero-order chi connectivity index (χ0) is 26.3. The van der Waals surface area contributed by atoms with Crippen LogP contribution in [-0.2, 0) is 23.1 Å². The number of carbonyl (C=O) groups excluding carboxylic acids is 1. The zero-order valence-corrected chi connectivity index (χ0v) is 22.6. The van der Waals surface area contributed by atoms with Crippen LogP contribution in [0.2, 0.25) is 0 Å². The average Bonchev–Trinajstić information content (AvgIpc) is 3.09. The SMILES string of the molecule is CC.CC(C)CC(N)C(N)=O.Cn1c(CCCC(=O)O)nc2cc(N(CCCl)CCCl)ccc21. The van der Waals surface area contributed by atoms with Gasteiger partial charge in [0.1, 0.15) is 5.82 Å². The van der Waals surface area contributed by atoms with Crippen molar-refractivity contribution in [1.82, 2.24) is 9.55 Å². The molecule has 1 atom stereocenters. The predicted molar refractivity (Wildman–Crippen MR) is 143 cm³/mol. The van der Waals surface area contributed by atoms with E-state index in [2.05, 4.69) is 9.88 Å². The summed E-state index contributed by atoms with van der Waals surface area (Å²) in [5, 5.41) is 8.74. The van der Waals surface area contributed by atoms with Crippen LogP contribution in [0.4, 0.5) is 5.69 Å². The van der Waals surface area contributed by atoms with E-state index in [1.165, 1.54) is 0 Å². The maximum atomic E-state index is 10.6. The Labute approximate surface area is 213 Å². The first-order chi connectivity index (χ1) is 16.1. The molecule has 2 aromatic rings. The third-order valence-corrected chi connectivity index (χ3v) is 5.25. The second-order valence-corrected chi connectivity index (χ2v) is 8.77. The number of nitrogens with zero attached hydrogens (tertiary/aromatic N) is 3. The van der Waals surface area contributed by atoms with E-state index in [0.717, 1.165) is 35.6 Å². The number of aliphatic carboxylic acids is 1. The number of alkyl halides is 2. The van der Waals surface area contributed by atoms with Crippen molar-refractivity contribution in [3.05, 3.63) is 24.0 Å². The van der Waals surface area contributed by atoms with E-state index >= 15 is 0 Å². The Kier molecular flexibility index (Phi) is 16.4. The van der Waals surface area contributed by atoms with E-state index in [1.54, 1.807) is 0 Å². The van der Waals surface area contributed by atoms with Crippen molar-refractivity contribution in [2.45, 2.75) is 59.4 Å². The summed E-state index contributed by atoms with van der Waals surface area (Å²) >= 11 is 11.7. The molecule has 1 heterocycles. The van der Waals surface area contributed by atoms with Crippen molar-refractivity contribution < 1.29 is 14.7 Å². The number of hydrogen-bond acceptors (Lipinski definition) is 5. The Bertz CT molecular complexity index is 868. The maximum Gasteiger partial charge on any atom is 0.303 e. The molecule has 34 heavy (non-hydrogen) atoms. The molecule has 8 nitrogen and oxygen atoms in total. The quantitative estimate of drug-likeness (QED) is 0.363. The van der Waals surface area contributed by atoms with Gasteiger partial charge in [0.15, 0.2) is 0 Å². The summed E-state index contributed by atoms with van der Waals surface area (Å²) < 4.78 is 2.02. The molecule has 0 aliphatic heterocycles. The molecule has 0 spiro atoms. The molecule has 0 bridgehead atoms. The van der Waals surface area contributed by atoms with E-state index in [1.807, 2.05) is 57.5 Å². The van der Waals surface area contributed by atoms with E-state index in [-0.39, 0.29) is 6.42 Å². The first-order valence-corrected chi connectivity index (χ1v) is 12.8. The minimum atomic E-state index is -0.774. The normalized spacial score (nSPS) is 11.3. The second-order valence-electron chi connectivity index (χ2n) is 8.01. The maximum absolute atomic E-state index is 10.6. The fourth-order valence-corrected chi connectivity index (χ4v) is 3.66. The lowest BCUT2D eigenvalue weighted by Crippen LogP contribution is -2.37. The number of amides is 1. The molecule has 5 N–H and O–H groups in total. The summed E-state index contributed by atoms with van der Waals surface area (Å²) in [5.41, 5.74) is 13.3. The second kappa shape index (κ2) is 17.4. The highest BCUT2D eigenvalue weighted by atomic mass is 35.5. The monoisotopic (exact) mass is 517 g/mol. The number of carboxylic acid groups (broad SMARTS) is 1. The van der Waals surface area contributed by atoms with Gasteiger partial charge in [0.05, 0.1) is 17.1 Å². The van der Waals surface area contributed by atoms with Gasteiger partial charge in [-0.1, -0.05) is 27.7 Å². The Hall–Kier alpha value is -2.03. The average molecular weight is 519 g/mol. The number of carboxylic acids is 1. The van der Waals surface area contributed by atoms with Gasteiger partial charge in [0.2, 0.25) is 5.91 Å². The van der Waals surface area contributed by atoms with Crippen LogP contribution in [0.1, 0.15) is 52.8 Å². The highest BCUT2D eigenvalue weighted by molar-refractivity contribution is 6.18. The molecule has 194 valence electrons. The summed E-state index contributed by atoms with van der Waals surface area (Å²) in [5.74, 6) is 1.23. The number of nitrogens with two attached hydrogens (primary N) is 2. The van der Waals surface area contributed by atoms with Crippen LogP contribution in [0, 0.1) is 5.92 Å². The van der Waals surface area contributed by atoms with Gasteiger partial charge in [-0.05, 0) is 37.0 Å². The topological polar surface area (TPSA) is 127 Å². The van der Waals surface area contributed by atoms with Gasteiger partial charge in [-0.2, -0.15) is 0 Å². The molecule has 10 heteroatoms. The summed E-state index contributed by atoms with van der Waals surface area (Å²) in [6.07, 6.45) is 2.08. The summed E-state index contributed by atoms with van der Waals surface area (Å²) in [6, 6.07) is 5.65. The third-order valence-electron chi connectivity index (χ3n) is 4.91. The molecular weight excluding hydrogens is 477 g/mol. The summed E-state index contributed by atoms with van der Waals surface area (Å²) in [6.45, 7) is 9.47. The zero-order valence-electron chi connectivity index (χ0n) is 21.1. The number of carbonyl (C=O) groups is 2. The van der Waals surface area contributed by atoms with Crippen molar-refractivity contribution in [2.24, 2.45) is 24.4 Å². The molecule has 0 radical (unpaired) electrons. The minimum absolute atomic E-state index is 0.160. The number of hydrogen-bond donors (Lipinski definition) is 3. The first kappa shape index (κ1) is 32.0. The first-order valence-electron chi connectivity index (χ1n) is 11.7. The van der Waals surface area contributed by atoms with Crippen LogP contribution < -0.4 is 16.4 Å². The number of imidazole rings is 1. The number of halogens is 2. The van der Waals surface area contributed by atoms with Gasteiger partial charge in [0.25, 0.3) is 0 Å². The van der Waals surface area contributed by atoms with Crippen molar-refractivity contribution in [3.8, 4) is 0 Å². The standard InChI is InChI=1S/C16H21Cl2N3O2.C6H14N2O.C2H6/c1-20-14-6-5-12(21(9-7-17)10-8-18)11-13(14)19-15(20)3-2-4-16(22)23;1-4(2)3-5(7)6(8)9;1-2/h5-6,11H,2-4,7-10H2,1H3,(H,22,23);4-5H,3,7H2,1-2H3,(H2,8,9);1-2H3. The van der Waals surface area contributed by atoms with Crippen LogP contribution in [0.15, 0.2) is 18.2 Å². The van der Waals surface area contributed by atoms with E-state index < -0.39 is 17.9 Å². The lowest BCUT2D eigenvalue weighted by molar-refractivity contribution is -0.137.